The number of halogens is 3. The number of carbonyl (C=O) groups excluding carboxylic acids is 2. The van der Waals surface area contributed by atoms with Crippen LogP contribution >= 0.6 is 0 Å². The van der Waals surface area contributed by atoms with Crippen molar-refractivity contribution in [1.82, 2.24) is 9.88 Å². The van der Waals surface area contributed by atoms with Gasteiger partial charge >= 0.3 is 6.18 Å². The van der Waals surface area contributed by atoms with Crippen LogP contribution in [0.2, 0.25) is 0 Å². The quantitative estimate of drug-likeness (QED) is 0.559. The Labute approximate surface area is 188 Å². The highest BCUT2D eigenvalue weighted by Gasteiger charge is 2.43. The van der Waals surface area contributed by atoms with Gasteiger partial charge in [-0.05, 0) is 36.1 Å². The number of hydrogen-bond donors (Lipinski definition) is 0. The van der Waals surface area contributed by atoms with Gasteiger partial charge in [0, 0.05) is 37.9 Å². The van der Waals surface area contributed by atoms with Gasteiger partial charge in [-0.3, -0.25) is 9.78 Å². The Balaban J connectivity index is 1.98. The fourth-order valence-corrected chi connectivity index (χ4v) is 3.90. The number of hydrogen-bond acceptors (Lipinski definition) is 6. The smallest absolute Gasteiger partial charge is 0.418 e. The van der Waals surface area contributed by atoms with Gasteiger partial charge in [0.05, 0.1) is 18.8 Å². The van der Waals surface area contributed by atoms with Gasteiger partial charge < -0.3 is 19.2 Å². The Hall–Kier alpha value is -3.45. The van der Waals surface area contributed by atoms with Crippen molar-refractivity contribution < 1.29 is 32.2 Å². The molecule has 1 aliphatic heterocycles. The number of pyridine rings is 1. The fraction of sp³-hybridized carbons (Fsp3) is 0.391. The molecule has 1 atom stereocenters. The van der Waals surface area contributed by atoms with Crippen molar-refractivity contribution in [1.29, 1.82) is 5.26 Å². The van der Waals surface area contributed by atoms with Gasteiger partial charge in [-0.2, -0.15) is 18.4 Å². The van der Waals surface area contributed by atoms with E-state index in [1.807, 2.05) is 6.07 Å². The van der Waals surface area contributed by atoms with Crippen LogP contribution in [-0.4, -0.2) is 48.5 Å². The highest BCUT2D eigenvalue weighted by Crippen LogP contribution is 2.39. The van der Waals surface area contributed by atoms with E-state index in [1.54, 1.807) is 13.0 Å². The summed E-state index contributed by atoms with van der Waals surface area (Å²) in [4.78, 5) is 29.9. The highest BCUT2D eigenvalue weighted by molar-refractivity contribution is 5.97. The summed E-state index contributed by atoms with van der Waals surface area (Å²) in [5, 5.41) is 9.18. The molecule has 0 N–H and O–H groups in total. The zero-order valence-corrected chi connectivity index (χ0v) is 18.1. The zero-order valence-electron chi connectivity index (χ0n) is 18.1. The molecule has 0 fully saturated rings. The summed E-state index contributed by atoms with van der Waals surface area (Å²) in [6, 6.07) is 6.31. The minimum Gasteiger partial charge on any atom is -0.492 e. The molecular weight excluding hydrogens is 439 g/mol. The molecule has 1 aliphatic rings. The molecule has 7 nitrogen and oxygen atoms in total. The lowest BCUT2D eigenvalue weighted by atomic mass is 9.88. The van der Waals surface area contributed by atoms with Gasteiger partial charge in [0.1, 0.15) is 23.7 Å². The van der Waals surface area contributed by atoms with Crippen LogP contribution in [0.5, 0.6) is 5.75 Å². The van der Waals surface area contributed by atoms with Gasteiger partial charge in [0.2, 0.25) is 0 Å². The van der Waals surface area contributed by atoms with E-state index in [-0.39, 0.29) is 48.2 Å². The molecular formula is C23H22F3N3O4. The number of nitriles is 1. The third-order valence-electron chi connectivity index (χ3n) is 5.32. The lowest BCUT2D eigenvalue weighted by molar-refractivity contribution is -0.216. The molecule has 1 aromatic heterocycles. The molecule has 0 spiro atoms. The lowest BCUT2D eigenvalue weighted by Gasteiger charge is -2.32. The summed E-state index contributed by atoms with van der Waals surface area (Å²) in [6.07, 6.45) is -4.90. The van der Waals surface area contributed by atoms with Crippen molar-refractivity contribution in [3.63, 3.8) is 0 Å². The number of rotatable bonds is 8. The number of benzene rings is 1. The molecule has 1 unspecified atom stereocenters. The number of aldehydes is 1. The van der Waals surface area contributed by atoms with Gasteiger partial charge in [-0.15, -0.1) is 0 Å². The van der Waals surface area contributed by atoms with Gasteiger partial charge in [-0.1, -0.05) is 6.07 Å². The summed E-state index contributed by atoms with van der Waals surface area (Å²) < 4.78 is 50.9. The van der Waals surface area contributed by atoms with Crippen molar-refractivity contribution >= 4 is 12.2 Å². The first-order valence-electron chi connectivity index (χ1n) is 10.2. The predicted molar refractivity (Wildman–Crippen MR) is 111 cm³/mol. The first-order valence-corrected chi connectivity index (χ1v) is 10.2. The topological polar surface area (TPSA) is 92.5 Å². The molecule has 174 valence electrons. The van der Waals surface area contributed by atoms with Crippen molar-refractivity contribution in [2.75, 3.05) is 20.3 Å². The standard InChI is InChI=1S/C23H22F3N3O4/c1-3-33-20-10-16(28-12-15(20)11-27)13-29-6-4-17-18(21(32-2)23(24,25)26)8-14(5-7-30)9-19(17)22(29)31/h7-10,12,21H,3-6,13H2,1-2H3. The van der Waals surface area contributed by atoms with Crippen LogP contribution in [-0.2, 0) is 28.9 Å². The van der Waals surface area contributed by atoms with E-state index in [9.17, 15) is 28.0 Å². The summed E-state index contributed by atoms with van der Waals surface area (Å²) in [6.45, 7) is 2.38. The van der Waals surface area contributed by atoms with E-state index in [0.29, 0.717) is 29.9 Å². The Morgan fingerprint density at radius 2 is 2.09 bits per heavy atom. The summed E-state index contributed by atoms with van der Waals surface area (Å²) in [7, 11) is 0.959. The van der Waals surface area contributed by atoms with E-state index < -0.39 is 18.2 Å². The van der Waals surface area contributed by atoms with E-state index >= 15 is 0 Å². The first kappa shape index (κ1) is 24.2. The van der Waals surface area contributed by atoms with Gasteiger partial charge in [-0.25, -0.2) is 0 Å². The normalized spacial score (nSPS) is 14.4. The number of methoxy groups -OCH3 is 1. The second-order valence-electron chi connectivity index (χ2n) is 7.43. The molecule has 0 aliphatic carbocycles. The third kappa shape index (κ3) is 5.14. The van der Waals surface area contributed by atoms with Crippen LogP contribution in [0.25, 0.3) is 0 Å². The molecule has 0 saturated heterocycles. The molecule has 1 aromatic carbocycles. The molecule has 0 radical (unpaired) electrons. The number of fused-ring (bicyclic) bond motifs is 1. The minimum atomic E-state index is -4.68. The van der Waals surface area contributed by atoms with Crippen LogP contribution in [0.3, 0.4) is 0 Å². The molecule has 33 heavy (non-hydrogen) atoms. The van der Waals surface area contributed by atoms with Crippen molar-refractivity contribution in [3.8, 4) is 11.8 Å². The molecule has 1 amide bonds. The second-order valence-corrected chi connectivity index (χ2v) is 7.43. The van der Waals surface area contributed by atoms with Gasteiger partial charge in [0.15, 0.2) is 6.10 Å². The Morgan fingerprint density at radius 1 is 1.33 bits per heavy atom. The van der Waals surface area contributed by atoms with Crippen molar-refractivity contribution in [2.45, 2.75) is 38.6 Å². The second kappa shape index (κ2) is 10.0. The number of carbonyl (C=O) groups is 2. The van der Waals surface area contributed by atoms with E-state index in [0.717, 1.165) is 7.11 Å². The number of alkyl halides is 3. The van der Waals surface area contributed by atoms with Crippen LogP contribution in [0.15, 0.2) is 24.4 Å². The maximum absolute atomic E-state index is 13.6. The van der Waals surface area contributed by atoms with E-state index in [4.69, 9.17) is 9.47 Å². The predicted octanol–water partition coefficient (Wildman–Crippen LogP) is 3.54. The zero-order chi connectivity index (χ0) is 24.2. The minimum absolute atomic E-state index is 0.0876. The number of ether oxygens (including phenoxy) is 2. The van der Waals surface area contributed by atoms with Crippen LogP contribution in [0.1, 0.15) is 51.3 Å². The maximum atomic E-state index is 13.6. The van der Waals surface area contributed by atoms with Crippen LogP contribution in [0.4, 0.5) is 13.2 Å². The largest absolute Gasteiger partial charge is 0.492 e. The van der Waals surface area contributed by atoms with Crippen molar-refractivity contribution in [2.24, 2.45) is 0 Å². The van der Waals surface area contributed by atoms with Crippen LogP contribution in [0, 0.1) is 11.3 Å². The molecule has 10 heteroatoms. The van der Waals surface area contributed by atoms with E-state index in [1.165, 1.54) is 23.2 Å². The average molecular weight is 461 g/mol. The molecule has 3 rings (SSSR count). The lowest BCUT2D eigenvalue weighted by Crippen LogP contribution is -2.38. The third-order valence-corrected chi connectivity index (χ3v) is 5.32. The van der Waals surface area contributed by atoms with Crippen LogP contribution < -0.4 is 4.74 Å². The average Bonchev–Trinajstić information content (AvgIpc) is 2.76. The fourth-order valence-electron chi connectivity index (χ4n) is 3.90. The first-order chi connectivity index (χ1) is 15.7. The molecule has 0 saturated carbocycles. The molecule has 0 bridgehead atoms. The van der Waals surface area contributed by atoms with Gasteiger partial charge in [0.25, 0.3) is 5.91 Å². The summed E-state index contributed by atoms with van der Waals surface area (Å²) >= 11 is 0. The maximum Gasteiger partial charge on any atom is 0.418 e. The summed E-state index contributed by atoms with van der Waals surface area (Å²) in [5.74, 6) is -0.120. The highest BCUT2D eigenvalue weighted by atomic mass is 19.4. The Morgan fingerprint density at radius 3 is 2.70 bits per heavy atom. The van der Waals surface area contributed by atoms with E-state index in [2.05, 4.69) is 4.98 Å². The molecule has 2 aromatic rings. The van der Waals surface area contributed by atoms with Crippen molar-refractivity contribution in [3.05, 3.63) is 57.9 Å². The monoisotopic (exact) mass is 461 g/mol. The number of nitrogens with zero attached hydrogens (tertiary/aromatic N) is 3. The number of aromatic nitrogens is 1. The Bertz CT molecular complexity index is 1100. The number of amides is 1. The Kier molecular flexibility index (Phi) is 7.33. The molecule has 2 heterocycles. The summed E-state index contributed by atoms with van der Waals surface area (Å²) in [5.41, 5.74) is 1.26. The SMILES string of the molecule is CCOc1cc(CN2CCc3c(cc(CC=O)cc3C(OC)C(F)(F)F)C2=O)ncc1C#N.